The highest BCUT2D eigenvalue weighted by atomic mass is 19.1. The smallest absolute Gasteiger partial charge is 0.327 e. The van der Waals surface area contributed by atoms with Crippen molar-refractivity contribution in [2.75, 3.05) is 6.61 Å². The molecule has 1 aromatic rings. The van der Waals surface area contributed by atoms with Crippen LogP contribution in [-0.2, 0) is 4.79 Å². The van der Waals surface area contributed by atoms with Crippen molar-refractivity contribution < 1.29 is 19.0 Å². The maximum atomic E-state index is 13.6. The Morgan fingerprint density at radius 2 is 2.15 bits per heavy atom. The number of benzene rings is 1. The van der Waals surface area contributed by atoms with Gasteiger partial charge in [0.05, 0.1) is 0 Å². The zero-order chi connectivity index (χ0) is 14.8. The van der Waals surface area contributed by atoms with E-state index in [-0.39, 0.29) is 24.3 Å². The number of rotatable bonds is 7. The summed E-state index contributed by atoms with van der Waals surface area (Å²) in [6.45, 7) is 3.71. The molecule has 1 aliphatic carbocycles. The number of carboxylic acids is 1. The van der Waals surface area contributed by atoms with Gasteiger partial charge >= 0.3 is 5.97 Å². The third kappa shape index (κ3) is 3.10. The molecule has 0 heterocycles. The molecule has 20 heavy (non-hydrogen) atoms. The molecule has 0 saturated heterocycles. The van der Waals surface area contributed by atoms with Crippen molar-refractivity contribution in [3.05, 3.63) is 30.1 Å². The minimum absolute atomic E-state index is 0.0101. The Morgan fingerprint density at radius 1 is 1.50 bits per heavy atom. The van der Waals surface area contributed by atoms with Crippen molar-refractivity contribution >= 4 is 5.97 Å². The normalized spacial score (nSPS) is 17.8. The Kier molecular flexibility index (Phi) is 4.28. The van der Waals surface area contributed by atoms with Crippen LogP contribution in [0.4, 0.5) is 4.39 Å². The van der Waals surface area contributed by atoms with E-state index in [4.69, 9.17) is 4.74 Å². The van der Waals surface area contributed by atoms with Gasteiger partial charge in [0.15, 0.2) is 17.1 Å². The van der Waals surface area contributed by atoms with Crippen LogP contribution in [0.5, 0.6) is 5.75 Å². The maximum Gasteiger partial charge on any atom is 0.327 e. The fourth-order valence-corrected chi connectivity index (χ4v) is 2.42. The van der Waals surface area contributed by atoms with E-state index in [0.717, 1.165) is 12.8 Å². The van der Waals surface area contributed by atoms with Crippen LogP contribution in [0, 0.1) is 11.7 Å². The highest BCUT2D eigenvalue weighted by Gasteiger charge is 2.52. The number of hydrogen-bond donors (Lipinski definition) is 2. The molecule has 1 aliphatic rings. The van der Waals surface area contributed by atoms with Gasteiger partial charge < -0.3 is 9.84 Å². The van der Waals surface area contributed by atoms with Crippen LogP contribution in [0.25, 0.3) is 0 Å². The molecule has 1 saturated carbocycles. The molecule has 1 unspecified atom stereocenters. The summed E-state index contributed by atoms with van der Waals surface area (Å²) < 4.78 is 19.0. The average Bonchev–Trinajstić information content (AvgIpc) is 3.20. The fraction of sp³-hybridized carbons (Fsp3) is 0.533. The molecular formula is C15H20FNO3. The molecule has 1 fully saturated rings. The zero-order valence-electron chi connectivity index (χ0n) is 11.7. The molecule has 0 bridgehead atoms. The third-order valence-corrected chi connectivity index (χ3v) is 3.49. The van der Waals surface area contributed by atoms with Crippen molar-refractivity contribution in [2.45, 2.75) is 38.3 Å². The zero-order valence-corrected chi connectivity index (χ0v) is 11.7. The van der Waals surface area contributed by atoms with E-state index in [2.05, 4.69) is 5.32 Å². The average molecular weight is 281 g/mol. The molecule has 1 aromatic carbocycles. The van der Waals surface area contributed by atoms with Gasteiger partial charge in [-0.05, 0) is 44.7 Å². The van der Waals surface area contributed by atoms with Gasteiger partial charge in [0.1, 0.15) is 6.61 Å². The number of carboxylic acid groups (broad SMARTS) is 1. The number of carbonyl (C=O) groups is 1. The fourth-order valence-electron chi connectivity index (χ4n) is 2.42. The van der Waals surface area contributed by atoms with Crippen LogP contribution in [-0.4, -0.2) is 29.3 Å². The third-order valence-electron chi connectivity index (χ3n) is 3.49. The lowest BCUT2D eigenvalue weighted by molar-refractivity contribution is -0.148. The summed E-state index contributed by atoms with van der Waals surface area (Å²) in [5.74, 6) is -1.30. The first-order valence-corrected chi connectivity index (χ1v) is 6.84. The molecule has 0 amide bonds. The monoisotopic (exact) mass is 281 g/mol. The number of para-hydroxylation sites is 1. The second-order valence-corrected chi connectivity index (χ2v) is 5.57. The molecule has 0 spiro atoms. The summed E-state index contributed by atoms with van der Waals surface area (Å²) in [4.78, 5) is 11.7. The molecule has 0 radical (unpaired) electrons. The molecule has 2 rings (SSSR count). The molecule has 110 valence electrons. The second-order valence-electron chi connectivity index (χ2n) is 5.57. The lowest BCUT2D eigenvalue weighted by Crippen LogP contribution is -2.60. The van der Waals surface area contributed by atoms with E-state index in [9.17, 15) is 14.3 Å². The highest BCUT2D eigenvalue weighted by molar-refractivity contribution is 5.80. The van der Waals surface area contributed by atoms with E-state index >= 15 is 0 Å². The van der Waals surface area contributed by atoms with E-state index in [1.807, 2.05) is 13.8 Å². The predicted molar refractivity (Wildman–Crippen MR) is 73.3 cm³/mol. The van der Waals surface area contributed by atoms with Crippen LogP contribution in [0.2, 0.25) is 0 Å². The minimum Gasteiger partial charge on any atom is -0.488 e. The SMILES string of the molecule is CC(C)NC(COc1ccccc1F)(C(=O)O)C1CC1. The Morgan fingerprint density at radius 3 is 2.65 bits per heavy atom. The largest absolute Gasteiger partial charge is 0.488 e. The summed E-state index contributed by atoms with van der Waals surface area (Å²) in [6, 6.07) is 6.04. The molecule has 0 aromatic heterocycles. The Labute approximate surface area is 117 Å². The lowest BCUT2D eigenvalue weighted by Gasteiger charge is -2.32. The topological polar surface area (TPSA) is 58.6 Å². The maximum absolute atomic E-state index is 13.6. The van der Waals surface area contributed by atoms with Gasteiger partial charge in [0.25, 0.3) is 0 Å². The molecule has 0 aliphatic heterocycles. The van der Waals surface area contributed by atoms with Gasteiger partial charge in [0, 0.05) is 6.04 Å². The van der Waals surface area contributed by atoms with Crippen molar-refractivity contribution in [2.24, 2.45) is 5.92 Å². The predicted octanol–water partition coefficient (Wildman–Crippen LogP) is 2.44. The van der Waals surface area contributed by atoms with Crippen molar-refractivity contribution in [1.82, 2.24) is 5.32 Å². The lowest BCUT2D eigenvalue weighted by atomic mass is 9.93. The van der Waals surface area contributed by atoms with Gasteiger partial charge in [-0.15, -0.1) is 0 Å². The van der Waals surface area contributed by atoms with E-state index in [1.165, 1.54) is 12.1 Å². The van der Waals surface area contributed by atoms with Crippen LogP contribution in [0.15, 0.2) is 24.3 Å². The van der Waals surface area contributed by atoms with E-state index in [0.29, 0.717) is 0 Å². The number of halogens is 1. The quantitative estimate of drug-likeness (QED) is 0.806. The van der Waals surface area contributed by atoms with Crippen LogP contribution in [0.1, 0.15) is 26.7 Å². The number of hydrogen-bond acceptors (Lipinski definition) is 3. The number of aliphatic carboxylic acids is 1. The number of ether oxygens (including phenoxy) is 1. The van der Waals surface area contributed by atoms with Gasteiger partial charge in [-0.3, -0.25) is 10.1 Å². The molecular weight excluding hydrogens is 261 g/mol. The molecule has 5 heteroatoms. The molecule has 4 nitrogen and oxygen atoms in total. The standard InChI is InChI=1S/C15H20FNO3/c1-10(2)17-15(14(18)19,11-7-8-11)9-20-13-6-4-3-5-12(13)16/h3-6,10-11,17H,7-9H2,1-2H3,(H,18,19). The van der Waals surface area contributed by atoms with Crippen molar-refractivity contribution in [1.29, 1.82) is 0 Å². The Hall–Kier alpha value is -1.62. The summed E-state index contributed by atoms with van der Waals surface area (Å²) in [7, 11) is 0. The summed E-state index contributed by atoms with van der Waals surface area (Å²) >= 11 is 0. The number of nitrogens with one attached hydrogen (secondary N) is 1. The first-order chi connectivity index (χ1) is 9.45. The van der Waals surface area contributed by atoms with Gasteiger partial charge in [0.2, 0.25) is 0 Å². The first kappa shape index (κ1) is 14.8. The highest BCUT2D eigenvalue weighted by Crippen LogP contribution is 2.40. The van der Waals surface area contributed by atoms with E-state index < -0.39 is 17.3 Å². The Balaban J connectivity index is 2.15. The van der Waals surface area contributed by atoms with Crippen molar-refractivity contribution in [3.8, 4) is 5.75 Å². The summed E-state index contributed by atoms with van der Waals surface area (Å²) in [6.07, 6.45) is 1.71. The summed E-state index contributed by atoms with van der Waals surface area (Å²) in [5.41, 5.74) is -1.14. The Bertz CT molecular complexity index is 488. The second kappa shape index (κ2) is 5.79. The first-order valence-electron chi connectivity index (χ1n) is 6.84. The molecule has 1 atom stereocenters. The van der Waals surface area contributed by atoms with Gasteiger partial charge in [-0.2, -0.15) is 0 Å². The summed E-state index contributed by atoms with van der Waals surface area (Å²) in [5, 5.41) is 12.7. The van der Waals surface area contributed by atoms with Gasteiger partial charge in [-0.25, -0.2) is 4.39 Å². The van der Waals surface area contributed by atoms with Crippen LogP contribution in [0.3, 0.4) is 0 Å². The molecule has 2 N–H and O–H groups in total. The van der Waals surface area contributed by atoms with E-state index in [1.54, 1.807) is 12.1 Å². The van der Waals surface area contributed by atoms with Crippen LogP contribution >= 0.6 is 0 Å². The van der Waals surface area contributed by atoms with Crippen LogP contribution < -0.4 is 10.1 Å². The van der Waals surface area contributed by atoms with Crippen molar-refractivity contribution in [3.63, 3.8) is 0 Å². The van der Waals surface area contributed by atoms with Gasteiger partial charge in [-0.1, -0.05) is 12.1 Å². The minimum atomic E-state index is -1.14.